The van der Waals surface area contributed by atoms with Gasteiger partial charge < -0.3 is 9.84 Å². The van der Waals surface area contributed by atoms with Crippen molar-refractivity contribution < 1.29 is 9.84 Å². The number of aliphatic hydroxyl groups is 1. The SMILES string of the molecule is CCc1ccc(C2(O)CCOCC2)cc1. The van der Waals surface area contributed by atoms with Crippen molar-refractivity contribution in [3.63, 3.8) is 0 Å². The van der Waals surface area contributed by atoms with Crippen molar-refractivity contribution in [2.24, 2.45) is 0 Å². The summed E-state index contributed by atoms with van der Waals surface area (Å²) in [6, 6.07) is 8.29. The van der Waals surface area contributed by atoms with Crippen LogP contribution in [-0.2, 0) is 16.8 Å². The summed E-state index contributed by atoms with van der Waals surface area (Å²) < 4.78 is 5.27. The zero-order chi connectivity index (χ0) is 10.7. The van der Waals surface area contributed by atoms with E-state index < -0.39 is 5.60 Å². The van der Waals surface area contributed by atoms with Crippen LogP contribution in [0, 0.1) is 0 Å². The van der Waals surface area contributed by atoms with Crippen LogP contribution in [0.3, 0.4) is 0 Å². The molecule has 0 aliphatic carbocycles. The second-order valence-corrected chi connectivity index (χ2v) is 4.19. The van der Waals surface area contributed by atoms with Crippen molar-refractivity contribution in [3.05, 3.63) is 35.4 Å². The van der Waals surface area contributed by atoms with Crippen LogP contribution in [0.15, 0.2) is 24.3 Å². The van der Waals surface area contributed by atoms with Gasteiger partial charge in [-0.05, 0) is 17.5 Å². The molecule has 1 fully saturated rings. The molecule has 1 saturated heterocycles. The molecule has 2 heteroatoms. The lowest BCUT2D eigenvalue weighted by atomic mass is 9.86. The van der Waals surface area contributed by atoms with Gasteiger partial charge in [0.05, 0.1) is 5.60 Å². The largest absolute Gasteiger partial charge is 0.385 e. The van der Waals surface area contributed by atoms with Gasteiger partial charge in [0, 0.05) is 26.1 Å². The fourth-order valence-electron chi connectivity index (χ4n) is 2.05. The summed E-state index contributed by atoms with van der Waals surface area (Å²) in [6.45, 7) is 3.45. The van der Waals surface area contributed by atoms with Gasteiger partial charge >= 0.3 is 0 Å². The van der Waals surface area contributed by atoms with Crippen LogP contribution in [0.4, 0.5) is 0 Å². The molecule has 0 amide bonds. The van der Waals surface area contributed by atoms with Gasteiger partial charge in [-0.15, -0.1) is 0 Å². The molecule has 0 saturated carbocycles. The molecule has 1 aromatic rings. The third-order valence-corrected chi connectivity index (χ3v) is 3.22. The van der Waals surface area contributed by atoms with Gasteiger partial charge in [0.15, 0.2) is 0 Å². The molecule has 0 atom stereocenters. The van der Waals surface area contributed by atoms with E-state index in [1.54, 1.807) is 0 Å². The van der Waals surface area contributed by atoms with Gasteiger partial charge in [0.25, 0.3) is 0 Å². The second-order valence-electron chi connectivity index (χ2n) is 4.19. The number of hydrogen-bond acceptors (Lipinski definition) is 2. The molecule has 2 rings (SSSR count). The molecule has 1 heterocycles. The lowest BCUT2D eigenvalue weighted by Gasteiger charge is -2.32. The summed E-state index contributed by atoms with van der Waals surface area (Å²) in [5, 5.41) is 10.4. The highest BCUT2D eigenvalue weighted by Crippen LogP contribution is 2.31. The Hall–Kier alpha value is -0.860. The van der Waals surface area contributed by atoms with Crippen LogP contribution < -0.4 is 0 Å². The van der Waals surface area contributed by atoms with Gasteiger partial charge in [-0.1, -0.05) is 31.2 Å². The minimum absolute atomic E-state index is 0.659. The zero-order valence-corrected chi connectivity index (χ0v) is 9.20. The number of benzene rings is 1. The molecular weight excluding hydrogens is 188 g/mol. The number of ether oxygens (including phenoxy) is 1. The molecule has 1 N–H and O–H groups in total. The molecule has 0 aromatic heterocycles. The highest BCUT2D eigenvalue weighted by Gasteiger charge is 2.31. The minimum atomic E-state index is -0.662. The van der Waals surface area contributed by atoms with E-state index in [9.17, 15) is 5.11 Å². The first kappa shape index (κ1) is 10.7. The third kappa shape index (κ3) is 2.21. The molecule has 0 bridgehead atoms. The quantitative estimate of drug-likeness (QED) is 0.804. The van der Waals surface area contributed by atoms with Crippen molar-refractivity contribution in [1.29, 1.82) is 0 Å². The summed E-state index contributed by atoms with van der Waals surface area (Å²) in [6.07, 6.45) is 2.46. The van der Waals surface area contributed by atoms with Gasteiger partial charge in [-0.3, -0.25) is 0 Å². The average molecular weight is 206 g/mol. The monoisotopic (exact) mass is 206 g/mol. The molecule has 1 aliphatic heterocycles. The smallest absolute Gasteiger partial charge is 0.0940 e. The Balaban J connectivity index is 2.20. The summed E-state index contributed by atoms with van der Waals surface area (Å²) in [4.78, 5) is 0. The molecule has 1 aliphatic rings. The van der Waals surface area contributed by atoms with E-state index in [0.29, 0.717) is 26.1 Å². The van der Waals surface area contributed by atoms with E-state index in [1.165, 1.54) is 5.56 Å². The lowest BCUT2D eigenvalue weighted by molar-refractivity contribution is -0.0679. The van der Waals surface area contributed by atoms with Crippen LogP contribution in [0.1, 0.15) is 30.9 Å². The van der Waals surface area contributed by atoms with E-state index in [4.69, 9.17) is 4.74 Å². The molecule has 0 radical (unpaired) electrons. The van der Waals surface area contributed by atoms with E-state index in [-0.39, 0.29) is 0 Å². The number of rotatable bonds is 2. The summed E-state index contributed by atoms with van der Waals surface area (Å²) in [5.41, 5.74) is 1.68. The van der Waals surface area contributed by atoms with Gasteiger partial charge in [0.2, 0.25) is 0 Å². The Labute approximate surface area is 90.9 Å². The molecule has 82 valence electrons. The Morgan fingerprint density at radius 3 is 2.33 bits per heavy atom. The predicted octanol–water partition coefficient (Wildman–Crippen LogP) is 2.25. The summed E-state index contributed by atoms with van der Waals surface area (Å²) >= 11 is 0. The normalized spacial score (nSPS) is 20.1. The first-order valence-corrected chi connectivity index (χ1v) is 5.64. The van der Waals surface area contributed by atoms with E-state index in [2.05, 4.69) is 19.1 Å². The van der Waals surface area contributed by atoms with Crippen molar-refractivity contribution in [2.75, 3.05) is 13.2 Å². The molecule has 0 unspecified atom stereocenters. The maximum Gasteiger partial charge on any atom is 0.0940 e. The van der Waals surface area contributed by atoms with E-state index in [1.807, 2.05) is 12.1 Å². The molecule has 15 heavy (non-hydrogen) atoms. The van der Waals surface area contributed by atoms with E-state index >= 15 is 0 Å². The molecule has 1 aromatic carbocycles. The predicted molar refractivity (Wildman–Crippen MR) is 59.8 cm³/mol. The maximum atomic E-state index is 10.4. The molecule has 0 spiro atoms. The Morgan fingerprint density at radius 2 is 1.80 bits per heavy atom. The lowest BCUT2D eigenvalue weighted by Crippen LogP contribution is -2.33. The average Bonchev–Trinajstić information content (AvgIpc) is 2.30. The van der Waals surface area contributed by atoms with Crippen LogP contribution in [0.2, 0.25) is 0 Å². The maximum absolute atomic E-state index is 10.4. The third-order valence-electron chi connectivity index (χ3n) is 3.22. The van der Waals surface area contributed by atoms with Crippen molar-refractivity contribution in [3.8, 4) is 0 Å². The van der Waals surface area contributed by atoms with Crippen molar-refractivity contribution in [1.82, 2.24) is 0 Å². The van der Waals surface area contributed by atoms with Gasteiger partial charge in [-0.2, -0.15) is 0 Å². The van der Waals surface area contributed by atoms with Crippen LogP contribution in [0.25, 0.3) is 0 Å². The molecular formula is C13H18O2. The number of aryl methyl sites for hydroxylation is 1. The Kier molecular flexibility index (Phi) is 3.08. The summed E-state index contributed by atoms with van der Waals surface area (Å²) in [5.74, 6) is 0. The van der Waals surface area contributed by atoms with Crippen LogP contribution in [0.5, 0.6) is 0 Å². The van der Waals surface area contributed by atoms with Gasteiger partial charge in [-0.25, -0.2) is 0 Å². The fourth-order valence-corrected chi connectivity index (χ4v) is 2.05. The second kappa shape index (κ2) is 4.33. The Morgan fingerprint density at radius 1 is 1.20 bits per heavy atom. The zero-order valence-electron chi connectivity index (χ0n) is 9.20. The highest BCUT2D eigenvalue weighted by atomic mass is 16.5. The minimum Gasteiger partial charge on any atom is -0.385 e. The van der Waals surface area contributed by atoms with E-state index in [0.717, 1.165) is 12.0 Å². The van der Waals surface area contributed by atoms with Gasteiger partial charge in [0.1, 0.15) is 0 Å². The van der Waals surface area contributed by atoms with Crippen molar-refractivity contribution >= 4 is 0 Å². The topological polar surface area (TPSA) is 29.5 Å². The Bertz CT molecular complexity index is 310. The van der Waals surface area contributed by atoms with Crippen molar-refractivity contribution in [2.45, 2.75) is 31.8 Å². The first-order chi connectivity index (χ1) is 7.24. The highest BCUT2D eigenvalue weighted by molar-refractivity contribution is 5.27. The fraction of sp³-hybridized carbons (Fsp3) is 0.538. The van der Waals surface area contributed by atoms with Crippen LogP contribution in [-0.4, -0.2) is 18.3 Å². The van der Waals surface area contributed by atoms with Crippen LogP contribution >= 0.6 is 0 Å². The number of hydrogen-bond donors (Lipinski definition) is 1. The standard InChI is InChI=1S/C13H18O2/c1-2-11-3-5-12(6-4-11)13(14)7-9-15-10-8-13/h3-6,14H,2,7-10H2,1H3. The first-order valence-electron chi connectivity index (χ1n) is 5.64. The summed E-state index contributed by atoms with van der Waals surface area (Å²) in [7, 11) is 0. The molecule has 2 nitrogen and oxygen atoms in total.